The van der Waals surface area contributed by atoms with E-state index < -0.39 is 0 Å². The molecule has 0 radical (unpaired) electrons. The second-order valence-electron chi connectivity index (χ2n) is 4.39. The lowest BCUT2D eigenvalue weighted by Crippen LogP contribution is -2.29. The van der Waals surface area contributed by atoms with Gasteiger partial charge >= 0.3 is 0 Å². The molecule has 0 bridgehead atoms. The largest absolute Gasteiger partial charge is 0.483 e. The van der Waals surface area contributed by atoms with Crippen molar-refractivity contribution >= 4 is 5.91 Å². The molecular weight excluding hydrogens is 259 g/mol. The van der Waals surface area contributed by atoms with E-state index in [1.807, 2.05) is 6.92 Å². The van der Waals surface area contributed by atoms with Gasteiger partial charge in [-0.15, -0.1) is 6.42 Å². The van der Waals surface area contributed by atoms with E-state index >= 15 is 0 Å². The predicted molar refractivity (Wildman–Crippen MR) is 75.7 cm³/mol. The average Bonchev–Trinajstić information content (AvgIpc) is 2.44. The van der Waals surface area contributed by atoms with Crippen LogP contribution in [0.2, 0.25) is 0 Å². The van der Waals surface area contributed by atoms with Crippen molar-refractivity contribution in [2.24, 2.45) is 5.73 Å². The van der Waals surface area contributed by atoms with Crippen LogP contribution >= 0.6 is 0 Å². The smallest absolute Gasteiger partial charge is 0.258 e. The summed E-state index contributed by atoms with van der Waals surface area (Å²) in [4.78, 5) is 11.4. The van der Waals surface area contributed by atoms with E-state index in [1.54, 1.807) is 0 Å². The fraction of sp³-hybridized carbons (Fsp3) is 0.400. The van der Waals surface area contributed by atoms with Crippen molar-refractivity contribution in [3.63, 3.8) is 0 Å². The second-order valence-corrected chi connectivity index (χ2v) is 4.39. The molecular formula is C15H19FN2O2. The zero-order valence-electron chi connectivity index (χ0n) is 11.5. The first-order valence-electron chi connectivity index (χ1n) is 6.43. The monoisotopic (exact) mass is 278 g/mol. The molecule has 4 nitrogen and oxygen atoms in total. The van der Waals surface area contributed by atoms with Crippen LogP contribution in [0.4, 0.5) is 4.39 Å². The molecule has 0 saturated heterocycles. The van der Waals surface area contributed by atoms with Gasteiger partial charge in [0.15, 0.2) is 6.61 Å². The molecule has 0 saturated carbocycles. The number of rotatable bonds is 7. The minimum absolute atomic E-state index is 0.0746. The van der Waals surface area contributed by atoms with Crippen LogP contribution in [0.1, 0.15) is 18.9 Å². The van der Waals surface area contributed by atoms with E-state index in [9.17, 15) is 9.18 Å². The van der Waals surface area contributed by atoms with E-state index in [0.29, 0.717) is 17.7 Å². The highest BCUT2D eigenvalue weighted by atomic mass is 19.1. The Bertz CT molecular complexity index is 497. The van der Waals surface area contributed by atoms with Gasteiger partial charge in [0, 0.05) is 6.04 Å². The molecule has 3 N–H and O–H groups in total. The van der Waals surface area contributed by atoms with Crippen LogP contribution in [-0.4, -0.2) is 25.1 Å². The van der Waals surface area contributed by atoms with Crippen LogP contribution in [0.15, 0.2) is 18.2 Å². The molecule has 1 unspecified atom stereocenters. The summed E-state index contributed by atoms with van der Waals surface area (Å²) in [6, 6.07) is 4.09. The third-order valence-corrected chi connectivity index (χ3v) is 2.78. The number of nitrogens with one attached hydrogen (secondary N) is 1. The van der Waals surface area contributed by atoms with Crippen molar-refractivity contribution in [1.82, 2.24) is 5.32 Å². The number of carbonyl (C=O) groups excluding carboxylic acids is 1. The molecule has 0 aliphatic rings. The molecule has 20 heavy (non-hydrogen) atoms. The Morgan fingerprint density at radius 3 is 3.00 bits per heavy atom. The van der Waals surface area contributed by atoms with Crippen LogP contribution in [0, 0.1) is 18.2 Å². The molecule has 5 heteroatoms. The average molecular weight is 278 g/mol. The summed E-state index contributed by atoms with van der Waals surface area (Å²) >= 11 is 0. The summed E-state index contributed by atoms with van der Waals surface area (Å²) in [5.74, 6) is 2.08. The number of amides is 1. The van der Waals surface area contributed by atoms with Gasteiger partial charge in [0.05, 0.1) is 6.54 Å². The zero-order valence-corrected chi connectivity index (χ0v) is 11.5. The molecule has 0 spiro atoms. The highest BCUT2D eigenvalue weighted by molar-refractivity contribution is 5.77. The first-order valence-corrected chi connectivity index (χ1v) is 6.43. The number of hydrogen-bond acceptors (Lipinski definition) is 3. The van der Waals surface area contributed by atoms with Crippen LogP contribution in [-0.2, 0) is 11.2 Å². The number of hydrogen-bond donors (Lipinski definition) is 2. The number of ether oxygens (including phenoxy) is 1. The minimum Gasteiger partial charge on any atom is -0.483 e. The zero-order chi connectivity index (χ0) is 15.0. The highest BCUT2D eigenvalue weighted by Gasteiger charge is 2.11. The van der Waals surface area contributed by atoms with Gasteiger partial charge in [-0.1, -0.05) is 12.8 Å². The molecule has 1 atom stereocenters. The summed E-state index contributed by atoms with van der Waals surface area (Å²) in [6.07, 6.45) is 6.31. The van der Waals surface area contributed by atoms with Gasteiger partial charge in [-0.2, -0.15) is 0 Å². The molecule has 1 aromatic carbocycles. The van der Waals surface area contributed by atoms with Crippen molar-refractivity contribution < 1.29 is 13.9 Å². The summed E-state index contributed by atoms with van der Waals surface area (Å²) < 4.78 is 18.7. The number of terminal acetylenes is 1. The van der Waals surface area contributed by atoms with Gasteiger partial charge in [0.1, 0.15) is 11.6 Å². The van der Waals surface area contributed by atoms with Crippen molar-refractivity contribution in [2.75, 3.05) is 13.2 Å². The minimum atomic E-state index is -0.354. The van der Waals surface area contributed by atoms with Gasteiger partial charge in [-0.3, -0.25) is 4.79 Å². The maximum atomic E-state index is 13.3. The van der Waals surface area contributed by atoms with Crippen LogP contribution in [0.5, 0.6) is 5.75 Å². The first-order chi connectivity index (χ1) is 9.56. The first kappa shape index (κ1) is 16.0. The third-order valence-electron chi connectivity index (χ3n) is 2.78. The molecule has 1 rings (SSSR count). The molecule has 1 amide bonds. The molecule has 0 aliphatic heterocycles. The number of nitrogens with two attached hydrogens (primary N) is 1. The maximum absolute atomic E-state index is 13.3. The molecule has 0 aromatic heterocycles. The van der Waals surface area contributed by atoms with Gasteiger partial charge in [-0.05, 0) is 36.6 Å². The second kappa shape index (κ2) is 8.18. The quantitative estimate of drug-likeness (QED) is 0.737. The van der Waals surface area contributed by atoms with E-state index in [-0.39, 0.29) is 30.9 Å². The van der Waals surface area contributed by atoms with Gasteiger partial charge in [0.25, 0.3) is 5.91 Å². The lowest BCUT2D eigenvalue weighted by molar-refractivity contribution is -0.122. The summed E-state index contributed by atoms with van der Waals surface area (Å²) in [7, 11) is 0. The number of carbonyl (C=O) groups is 1. The molecule has 108 valence electrons. The van der Waals surface area contributed by atoms with Gasteiger partial charge < -0.3 is 15.8 Å². The normalized spacial score (nSPS) is 11.5. The molecule has 0 heterocycles. The van der Waals surface area contributed by atoms with E-state index in [0.717, 1.165) is 6.42 Å². The van der Waals surface area contributed by atoms with Crippen molar-refractivity contribution in [1.29, 1.82) is 0 Å². The Kier molecular flexibility index (Phi) is 6.54. The Hall–Kier alpha value is -2.06. The summed E-state index contributed by atoms with van der Waals surface area (Å²) in [6.45, 7) is 1.94. The van der Waals surface area contributed by atoms with E-state index in [2.05, 4.69) is 11.2 Å². The molecule has 0 aliphatic carbocycles. The summed E-state index contributed by atoms with van der Waals surface area (Å²) in [5, 5.41) is 2.49. The molecule has 0 fully saturated rings. The van der Waals surface area contributed by atoms with Crippen LogP contribution < -0.4 is 15.8 Å². The third kappa shape index (κ3) is 5.29. The van der Waals surface area contributed by atoms with Gasteiger partial charge in [0.2, 0.25) is 0 Å². The topological polar surface area (TPSA) is 64.3 Å². The van der Waals surface area contributed by atoms with E-state index in [1.165, 1.54) is 18.2 Å². The van der Waals surface area contributed by atoms with Crippen LogP contribution in [0.3, 0.4) is 0 Å². The SMILES string of the molecule is C#CCNC(=O)COc1ccc(F)cc1CC(N)CC. The Morgan fingerprint density at radius 1 is 1.60 bits per heavy atom. The summed E-state index contributed by atoms with van der Waals surface area (Å²) in [5.41, 5.74) is 6.52. The fourth-order valence-corrected chi connectivity index (χ4v) is 1.62. The van der Waals surface area contributed by atoms with Crippen LogP contribution in [0.25, 0.3) is 0 Å². The van der Waals surface area contributed by atoms with Crippen molar-refractivity contribution in [2.45, 2.75) is 25.8 Å². The van der Waals surface area contributed by atoms with Crippen molar-refractivity contribution in [3.8, 4) is 18.1 Å². The fourth-order valence-electron chi connectivity index (χ4n) is 1.62. The Morgan fingerprint density at radius 2 is 2.35 bits per heavy atom. The Labute approximate surface area is 118 Å². The maximum Gasteiger partial charge on any atom is 0.258 e. The molecule has 1 aromatic rings. The van der Waals surface area contributed by atoms with Crippen molar-refractivity contribution in [3.05, 3.63) is 29.6 Å². The van der Waals surface area contributed by atoms with Gasteiger partial charge in [-0.25, -0.2) is 4.39 Å². The Balaban J connectivity index is 2.69. The standard InChI is InChI=1S/C15H19FN2O2/c1-3-7-18-15(19)10-20-14-6-5-12(16)8-11(14)9-13(17)4-2/h1,5-6,8,13H,4,7,9-10,17H2,2H3,(H,18,19). The number of halogens is 1. The lowest BCUT2D eigenvalue weighted by atomic mass is 10.0. The predicted octanol–water partition coefficient (Wildman–Crippen LogP) is 1.23. The van der Waals surface area contributed by atoms with E-state index in [4.69, 9.17) is 16.9 Å². The lowest BCUT2D eigenvalue weighted by Gasteiger charge is -2.14. The number of benzene rings is 1. The highest BCUT2D eigenvalue weighted by Crippen LogP contribution is 2.21.